The molecule has 2 N–H and O–H groups in total. The fourth-order valence-corrected chi connectivity index (χ4v) is 1.91. The molecule has 0 unspecified atom stereocenters. The second-order valence-electron chi connectivity index (χ2n) is 2.91. The van der Waals surface area contributed by atoms with Gasteiger partial charge in [-0.1, -0.05) is 11.6 Å². The molecule has 0 heterocycles. The van der Waals surface area contributed by atoms with Crippen molar-refractivity contribution in [2.75, 3.05) is 0 Å². The van der Waals surface area contributed by atoms with Gasteiger partial charge in [-0.05, 0) is 40.9 Å². The molecule has 0 bridgehead atoms. The third kappa shape index (κ3) is 1.60. The van der Waals surface area contributed by atoms with Crippen LogP contribution in [0, 0.1) is 13.8 Å². The molecule has 1 aromatic carbocycles. The van der Waals surface area contributed by atoms with Gasteiger partial charge in [0.05, 0.1) is 4.47 Å². The molecular weight excluding hydrogens is 271 g/mol. The molecule has 3 nitrogen and oxygen atoms in total. The molecule has 14 heavy (non-hydrogen) atoms. The normalized spacial score (nSPS) is 10.3. The van der Waals surface area contributed by atoms with Gasteiger partial charge in [0, 0.05) is 5.02 Å². The van der Waals surface area contributed by atoms with Crippen LogP contribution in [0.3, 0.4) is 0 Å². The van der Waals surface area contributed by atoms with Crippen LogP contribution >= 0.6 is 27.5 Å². The monoisotopic (exact) mass is 278 g/mol. The van der Waals surface area contributed by atoms with Gasteiger partial charge in [0.15, 0.2) is 0 Å². The van der Waals surface area contributed by atoms with Gasteiger partial charge in [0.2, 0.25) is 0 Å². The molecule has 0 saturated heterocycles. The molecule has 0 aliphatic heterocycles. The topological polar surface area (TPSA) is 57.5 Å². The number of hydrogen-bond acceptors (Lipinski definition) is 2. The summed E-state index contributed by atoms with van der Waals surface area (Å²) in [4.78, 5) is 10.8. The molecule has 0 spiro atoms. The van der Waals surface area contributed by atoms with E-state index in [4.69, 9.17) is 16.7 Å². The number of carboxylic acids is 1. The molecule has 0 aliphatic carbocycles. The molecule has 0 atom stereocenters. The lowest BCUT2D eigenvalue weighted by Crippen LogP contribution is -2.02. The molecule has 5 heteroatoms. The van der Waals surface area contributed by atoms with Crippen LogP contribution in [0.25, 0.3) is 0 Å². The fraction of sp³-hybridized carbons (Fsp3) is 0.222. The average molecular weight is 280 g/mol. The first kappa shape index (κ1) is 11.3. The molecule has 0 aromatic heterocycles. The molecule has 1 aromatic rings. The van der Waals surface area contributed by atoms with Crippen LogP contribution in [-0.4, -0.2) is 16.2 Å². The number of aromatic hydroxyl groups is 1. The van der Waals surface area contributed by atoms with Crippen LogP contribution in [0.4, 0.5) is 0 Å². The SMILES string of the molecule is Cc1c(Cl)c(C)c(C(=O)O)c(O)c1Br. The van der Waals surface area contributed by atoms with E-state index in [0.717, 1.165) is 0 Å². The Morgan fingerprint density at radius 3 is 2.29 bits per heavy atom. The van der Waals surface area contributed by atoms with Crippen molar-refractivity contribution in [1.29, 1.82) is 0 Å². The summed E-state index contributed by atoms with van der Waals surface area (Å²) in [7, 11) is 0. The smallest absolute Gasteiger partial charge is 0.339 e. The van der Waals surface area contributed by atoms with E-state index in [9.17, 15) is 9.90 Å². The van der Waals surface area contributed by atoms with Gasteiger partial charge in [-0.25, -0.2) is 4.79 Å². The van der Waals surface area contributed by atoms with Crippen molar-refractivity contribution in [1.82, 2.24) is 0 Å². The highest BCUT2D eigenvalue weighted by molar-refractivity contribution is 9.10. The van der Waals surface area contributed by atoms with Crippen molar-refractivity contribution < 1.29 is 15.0 Å². The summed E-state index contributed by atoms with van der Waals surface area (Å²) in [6.45, 7) is 3.26. The van der Waals surface area contributed by atoms with E-state index in [1.165, 1.54) is 0 Å². The third-order valence-corrected chi connectivity index (χ3v) is 3.56. The van der Waals surface area contributed by atoms with Crippen molar-refractivity contribution in [2.45, 2.75) is 13.8 Å². The minimum atomic E-state index is -1.19. The van der Waals surface area contributed by atoms with E-state index < -0.39 is 5.97 Å². The van der Waals surface area contributed by atoms with Crippen LogP contribution < -0.4 is 0 Å². The highest BCUT2D eigenvalue weighted by atomic mass is 79.9. The maximum atomic E-state index is 10.8. The second kappa shape index (κ2) is 3.79. The predicted molar refractivity (Wildman–Crippen MR) is 57.3 cm³/mol. The van der Waals surface area contributed by atoms with Crippen LogP contribution in [0.15, 0.2) is 4.47 Å². The lowest BCUT2D eigenvalue weighted by Gasteiger charge is -2.11. The Hall–Kier alpha value is -0.740. The van der Waals surface area contributed by atoms with Gasteiger partial charge >= 0.3 is 5.97 Å². The Balaban J connectivity index is 3.68. The molecule has 0 amide bonds. The Bertz CT molecular complexity index is 386. The van der Waals surface area contributed by atoms with Gasteiger partial charge in [-0.15, -0.1) is 0 Å². The number of carbonyl (C=O) groups is 1. The summed E-state index contributed by atoms with van der Waals surface area (Å²) >= 11 is 8.99. The van der Waals surface area contributed by atoms with Gasteiger partial charge in [-0.3, -0.25) is 0 Å². The van der Waals surface area contributed by atoms with E-state index >= 15 is 0 Å². The standard InChI is InChI=1S/C9H8BrClO3/c1-3-5(9(13)14)8(12)6(10)4(2)7(3)11/h12H,1-2H3,(H,13,14). The minimum Gasteiger partial charge on any atom is -0.506 e. The van der Waals surface area contributed by atoms with Crippen LogP contribution in [0.1, 0.15) is 21.5 Å². The predicted octanol–water partition coefficient (Wildman–Crippen LogP) is 3.12. The third-order valence-electron chi connectivity index (χ3n) is 2.02. The zero-order chi connectivity index (χ0) is 11.0. The molecule has 0 saturated carbocycles. The van der Waals surface area contributed by atoms with Crippen molar-refractivity contribution in [3.63, 3.8) is 0 Å². The van der Waals surface area contributed by atoms with Crippen LogP contribution in [0.5, 0.6) is 5.75 Å². The van der Waals surface area contributed by atoms with Crippen molar-refractivity contribution >= 4 is 33.5 Å². The molecule has 0 aliphatic rings. The fourth-order valence-electron chi connectivity index (χ4n) is 1.21. The molecular formula is C9H8BrClO3. The summed E-state index contributed by atoms with van der Waals surface area (Å²) in [5.74, 6) is -1.47. The number of aromatic carboxylic acids is 1. The summed E-state index contributed by atoms with van der Waals surface area (Å²) in [5.41, 5.74) is 0.844. The van der Waals surface area contributed by atoms with E-state index in [2.05, 4.69) is 15.9 Å². The van der Waals surface area contributed by atoms with E-state index in [-0.39, 0.29) is 11.3 Å². The summed E-state index contributed by atoms with van der Waals surface area (Å²) in [5, 5.41) is 18.8. The first-order valence-corrected chi connectivity index (χ1v) is 4.95. The van der Waals surface area contributed by atoms with Crippen molar-refractivity contribution in [2.24, 2.45) is 0 Å². The van der Waals surface area contributed by atoms with E-state index in [1.807, 2.05) is 0 Å². The van der Waals surface area contributed by atoms with Gasteiger partial charge in [-0.2, -0.15) is 0 Å². The minimum absolute atomic E-state index is 0.160. The van der Waals surface area contributed by atoms with Gasteiger partial charge in [0.1, 0.15) is 11.3 Å². The zero-order valence-corrected chi connectivity index (χ0v) is 9.90. The zero-order valence-electron chi connectivity index (χ0n) is 7.56. The molecule has 1 rings (SSSR count). The Morgan fingerprint density at radius 2 is 1.86 bits per heavy atom. The number of benzene rings is 1. The van der Waals surface area contributed by atoms with E-state index in [1.54, 1.807) is 13.8 Å². The first-order chi connectivity index (χ1) is 6.37. The van der Waals surface area contributed by atoms with Crippen LogP contribution in [-0.2, 0) is 0 Å². The Kier molecular flexibility index (Phi) is 3.07. The highest BCUT2D eigenvalue weighted by Crippen LogP contribution is 2.38. The summed E-state index contributed by atoms with van der Waals surface area (Å²) < 4.78 is 0.325. The second-order valence-corrected chi connectivity index (χ2v) is 4.08. The average Bonchev–Trinajstić information content (AvgIpc) is 2.11. The Labute approximate surface area is 94.4 Å². The molecule has 0 radical (unpaired) electrons. The lowest BCUT2D eigenvalue weighted by atomic mass is 10.0. The van der Waals surface area contributed by atoms with Gasteiger partial charge < -0.3 is 10.2 Å². The van der Waals surface area contributed by atoms with Crippen molar-refractivity contribution in [3.05, 3.63) is 26.2 Å². The van der Waals surface area contributed by atoms with Gasteiger partial charge in [0.25, 0.3) is 0 Å². The maximum Gasteiger partial charge on any atom is 0.339 e. The van der Waals surface area contributed by atoms with Crippen LogP contribution in [0.2, 0.25) is 5.02 Å². The van der Waals surface area contributed by atoms with Crippen molar-refractivity contribution in [3.8, 4) is 5.75 Å². The first-order valence-electron chi connectivity index (χ1n) is 3.78. The maximum absolute atomic E-state index is 10.8. The highest BCUT2D eigenvalue weighted by Gasteiger charge is 2.21. The number of carboxylic acid groups (broad SMARTS) is 1. The summed E-state index contributed by atoms with van der Waals surface area (Å²) in [6.07, 6.45) is 0. The number of phenols is 1. The number of rotatable bonds is 1. The molecule has 76 valence electrons. The number of hydrogen-bond donors (Lipinski definition) is 2. The molecule has 0 fully saturated rings. The lowest BCUT2D eigenvalue weighted by molar-refractivity contribution is 0.0693. The largest absolute Gasteiger partial charge is 0.506 e. The number of halogens is 2. The summed E-state index contributed by atoms with van der Waals surface area (Å²) in [6, 6.07) is 0. The van der Waals surface area contributed by atoms with E-state index in [0.29, 0.717) is 20.6 Å². The Morgan fingerprint density at radius 1 is 1.36 bits per heavy atom. The quantitative estimate of drug-likeness (QED) is 0.830.